The third-order valence-electron chi connectivity index (χ3n) is 6.38. The smallest absolute Gasteiger partial charge is 0.268 e. The Labute approximate surface area is 192 Å². The van der Waals surface area contributed by atoms with Gasteiger partial charge < -0.3 is 9.88 Å². The van der Waals surface area contributed by atoms with Gasteiger partial charge in [0.05, 0.1) is 0 Å². The Morgan fingerprint density at radius 2 is 1.75 bits per heavy atom. The average molecular weight is 461 g/mol. The molecular weight excluding hydrogens is 424 g/mol. The molecule has 2 heterocycles. The Balaban J connectivity index is 1.69. The van der Waals surface area contributed by atoms with Crippen LogP contribution in [-0.4, -0.2) is 54.3 Å². The highest BCUT2D eigenvalue weighted by molar-refractivity contribution is 7.89. The number of amides is 1. The van der Waals surface area contributed by atoms with Gasteiger partial charge >= 0.3 is 0 Å². The van der Waals surface area contributed by atoms with Crippen molar-refractivity contribution in [3.8, 4) is 0 Å². The number of nitrogens with one attached hydrogen (secondary N) is 1. The van der Waals surface area contributed by atoms with Gasteiger partial charge in [0.1, 0.15) is 10.6 Å². The third-order valence-corrected chi connectivity index (χ3v) is 8.40. The Hall–Kier alpha value is -2.16. The van der Waals surface area contributed by atoms with Crippen LogP contribution in [-0.2, 0) is 30.2 Å². The number of piperidine rings is 1. The van der Waals surface area contributed by atoms with Gasteiger partial charge in [-0.1, -0.05) is 45.0 Å². The number of nitrogens with zero attached hydrogens (tertiary/aromatic N) is 3. The predicted octanol–water partition coefficient (Wildman–Crippen LogP) is 3.22. The maximum Gasteiger partial charge on any atom is 0.268 e. The van der Waals surface area contributed by atoms with Crippen molar-refractivity contribution in [3.63, 3.8) is 0 Å². The summed E-state index contributed by atoms with van der Waals surface area (Å²) in [6.07, 6.45) is 3.96. The molecule has 1 aromatic heterocycles. The Morgan fingerprint density at radius 3 is 2.38 bits per heavy atom. The van der Waals surface area contributed by atoms with E-state index >= 15 is 0 Å². The largest absolute Gasteiger partial charge is 0.347 e. The maximum atomic E-state index is 12.9. The second-order valence-corrected chi connectivity index (χ2v) is 10.6. The molecule has 3 rings (SSSR count). The molecule has 1 aliphatic rings. The van der Waals surface area contributed by atoms with E-state index in [0.29, 0.717) is 25.3 Å². The highest BCUT2D eigenvalue weighted by Crippen LogP contribution is 2.21. The van der Waals surface area contributed by atoms with E-state index in [1.54, 1.807) is 25.5 Å². The standard InChI is InChI=1S/C24H36N4O3S/c1-5-28(6-2)32(30,31)22-15-23(26(4)18-22)24(29)25-16-20-9-7-8-10-21(20)17-27-13-11-19(3)12-14-27/h7-10,15,18-19H,5-6,11-14,16-17H2,1-4H3,(H,25,29). The van der Waals surface area contributed by atoms with Crippen molar-refractivity contribution in [1.82, 2.24) is 19.1 Å². The van der Waals surface area contributed by atoms with E-state index in [1.807, 2.05) is 18.2 Å². The summed E-state index contributed by atoms with van der Waals surface area (Å²) in [4.78, 5) is 15.5. The van der Waals surface area contributed by atoms with Crippen LogP contribution < -0.4 is 5.32 Å². The molecular formula is C24H36N4O3S. The van der Waals surface area contributed by atoms with Crippen molar-refractivity contribution in [2.45, 2.75) is 51.6 Å². The molecule has 1 N–H and O–H groups in total. The molecule has 0 bridgehead atoms. The zero-order valence-electron chi connectivity index (χ0n) is 19.7. The van der Waals surface area contributed by atoms with Crippen LogP contribution in [0.4, 0.5) is 0 Å². The first kappa shape index (κ1) is 24.5. The number of aryl methyl sites for hydroxylation is 1. The van der Waals surface area contributed by atoms with Crippen LogP contribution in [0, 0.1) is 5.92 Å². The van der Waals surface area contributed by atoms with Crippen LogP contribution in [0.25, 0.3) is 0 Å². The minimum Gasteiger partial charge on any atom is -0.347 e. The summed E-state index contributed by atoms with van der Waals surface area (Å²) in [5.74, 6) is 0.511. The van der Waals surface area contributed by atoms with Crippen molar-refractivity contribution >= 4 is 15.9 Å². The third kappa shape index (κ3) is 5.60. The number of likely N-dealkylation sites (tertiary alicyclic amines) is 1. The maximum absolute atomic E-state index is 12.9. The van der Waals surface area contributed by atoms with Gasteiger partial charge in [0.15, 0.2) is 0 Å². The van der Waals surface area contributed by atoms with Gasteiger partial charge in [-0.2, -0.15) is 4.31 Å². The lowest BCUT2D eigenvalue weighted by molar-refractivity contribution is 0.0942. The minimum atomic E-state index is -3.60. The normalized spacial score (nSPS) is 15.9. The number of sulfonamides is 1. The number of carbonyl (C=O) groups excluding carboxylic acids is 1. The second-order valence-electron chi connectivity index (χ2n) is 8.67. The first-order valence-corrected chi connectivity index (χ1v) is 12.9. The van der Waals surface area contributed by atoms with Crippen LogP contribution in [0.15, 0.2) is 41.4 Å². The van der Waals surface area contributed by atoms with Gasteiger partial charge in [0.2, 0.25) is 10.0 Å². The molecule has 0 radical (unpaired) electrons. The van der Waals surface area contributed by atoms with Gasteiger partial charge in [-0.25, -0.2) is 8.42 Å². The molecule has 1 aliphatic heterocycles. The summed E-state index contributed by atoms with van der Waals surface area (Å²) >= 11 is 0. The fourth-order valence-electron chi connectivity index (χ4n) is 4.22. The summed E-state index contributed by atoms with van der Waals surface area (Å²) < 4.78 is 28.6. The van der Waals surface area contributed by atoms with Crippen LogP contribution >= 0.6 is 0 Å². The van der Waals surface area contributed by atoms with Crippen LogP contribution in [0.2, 0.25) is 0 Å². The molecule has 0 spiro atoms. The van der Waals surface area contributed by atoms with Crippen molar-refractivity contribution in [1.29, 1.82) is 0 Å². The molecule has 176 valence electrons. The van der Waals surface area contributed by atoms with Crippen molar-refractivity contribution in [3.05, 3.63) is 53.3 Å². The van der Waals surface area contributed by atoms with Gasteiger partial charge in [0, 0.05) is 39.4 Å². The zero-order chi connectivity index (χ0) is 23.3. The monoisotopic (exact) mass is 460 g/mol. The number of hydrogen-bond acceptors (Lipinski definition) is 4. The molecule has 8 heteroatoms. The second kappa shape index (κ2) is 10.6. The summed E-state index contributed by atoms with van der Waals surface area (Å²) in [7, 11) is -1.91. The fourth-order valence-corrected chi connectivity index (χ4v) is 5.75. The van der Waals surface area contributed by atoms with Gasteiger partial charge in [-0.05, 0) is 49.0 Å². The Kier molecular flexibility index (Phi) is 8.14. The minimum absolute atomic E-state index is 0.147. The van der Waals surface area contributed by atoms with Crippen LogP contribution in [0.5, 0.6) is 0 Å². The van der Waals surface area contributed by atoms with E-state index in [9.17, 15) is 13.2 Å². The van der Waals surface area contributed by atoms with Gasteiger partial charge in [-0.15, -0.1) is 0 Å². The number of rotatable bonds is 9. The summed E-state index contributed by atoms with van der Waals surface area (Å²) in [6.45, 7) is 10.2. The van der Waals surface area contributed by atoms with Gasteiger partial charge in [-0.3, -0.25) is 9.69 Å². The lowest BCUT2D eigenvalue weighted by atomic mass is 9.98. The molecule has 1 saturated heterocycles. The molecule has 1 aromatic carbocycles. The SMILES string of the molecule is CCN(CC)S(=O)(=O)c1cc(C(=O)NCc2ccccc2CN2CCC(C)CC2)n(C)c1. The van der Waals surface area contributed by atoms with Crippen LogP contribution in [0.3, 0.4) is 0 Å². The van der Waals surface area contributed by atoms with E-state index in [-0.39, 0.29) is 10.8 Å². The molecule has 32 heavy (non-hydrogen) atoms. The van der Waals surface area contributed by atoms with E-state index < -0.39 is 10.0 Å². The first-order valence-electron chi connectivity index (χ1n) is 11.5. The molecule has 0 aliphatic carbocycles. The lowest BCUT2D eigenvalue weighted by Gasteiger charge is -2.30. The van der Waals surface area contributed by atoms with E-state index in [4.69, 9.17) is 0 Å². The number of benzene rings is 1. The fraction of sp³-hybridized carbons (Fsp3) is 0.542. The van der Waals surface area contributed by atoms with Crippen LogP contribution in [0.1, 0.15) is 55.2 Å². The first-order chi connectivity index (χ1) is 15.3. The summed E-state index contributed by atoms with van der Waals surface area (Å²) in [5, 5.41) is 2.98. The predicted molar refractivity (Wildman–Crippen MR) is 127 cm³/mol. The molecule has 0 unspecified atom stereocenters. The van der Waals surface area contributed by atoms with Crippen molar-refractivity contribution < 1.29 is 13.2 Å². The molecule has 7 nitrogen and oxygen atoms in total. The number of carbonyl (C=O) groups is 1. The van der Waals surface area contributed by atoms with Crippen molar-refractivity contribution in [2.75, 3.05) is 26.2 Å². The highest BCUT2D eigenvalue weighted by Gasteiger charge is 2.25. The van der Waals surface area contributed by atoms with E-state index in [2.05, 4.69) is 23.2 Å². The topological polar surface area (TPSA) is 74.7 Å². The average Bonchev–Trinajstić information content (AvgIpc) is 3.18. The summed E-state index contributed by atoms with van der Waals surface area (Å²) in [5.41, 5.74) is 2.64. The molecule has 1 amide bonds. The Morgan fingerprint density at radius 1 is 1.12 bits per heavy atom. The van der Waals surface area contributed by atoms with Crippen molar-refractivity contribution in [2.24, 2.45) is 13.0 Å². The quantitative estimate of drug-likeness (QED) is 0.624. The highest BCUT2D eigenvalue weighted by atomic mass is 32.2. The molecule has 2 aromatic rings. The van der Waals surface area contributed by atoms with E-state index in [1.165, 1.54) is 35.0 Å². The lowest BCUT2D eigenvalue weighted by Crippen LogP contribution is -2.33. The van der Waals surface area contributed by atoms with E-state index in [0.717, 1.165) is 31.1 Å². The molecule has 0 atom stereocenters. The van der Waals surface area contributed by atoms with Gasteiger partial charge in [0.25, 0.3) is 5.91 Å². The number of hydrogen-bond donors (Lipinski definition) is 1. The zero-order valence-corrected chi connectivity index (χ0v) is 20.5. The molecule has 0 saturated carbocycles. The molecule has 1 fully saturated rings. The summed E-state index contributed by atoms with van der Waals surface area (Å²) in [6, 6.07) is 9.65. The number of aromatic nitrogens is 1. The Bertz CT molecular complexity index is 1020.